The van der Waals surface area contributed by atoms with Crippen LogP contribution in [0, 0.1) is 0 Å². The predicted molar refractivity (Wildman–Crippen MR) is 110 cm³/mol. The SMILES string of the molecule is COc1cc(/C=C2\SC(=S)N(c3ccccc3)C2=O)ccc1O[C@H](C)C(=O)[O-]. The van der Waals surface area contributed by atoms with Crippen molar-refractivity contribution in [2.45, 2.75) is 13.0 Å². The molecule has 1 aliphatic heterocycles. The zero-order valence-corrected chi connectivity index (χ0v) is 16.7. The van der Waals surface area contributed by atoms with Crippen molar-refractivity contribution in [1.82, 2.24) is 0 Å². The van der Waals surface area contributed by atoms with Crippen LogP contribution in [0.25, 0.3) is 6.08 Å². The number of carbonyl (C=O) groups excluding carboxylic acids is 2. The van der Waals surface area contributed by atoms with Gasteiger partial charge in [0.25, 0.3) is 5.91 Å². The fourth-order valence-electron chi connectivity index (χ4n) is 2.53. The van der Waals surface area contributed by atoms with Crippen LogP contribution < -0.4 is 19.5 Å². The fraction of sp³-hybridized carbons (Fsp3) is 0.150. The third-order valence-electron chi connectivity index (χ3n) is 3.93. The molecule has 3 rings (SSSR count). The van der Waals surface area contributed by atoms with Gasteiger partial charge in [0.2, 0.25) is 0 Å². The monoisotopic (exact) mass is 414 g/mol. The number of anilines is 1. The van der Waals surface area contributed by atoms with Gasteiger partial charge in [-0.3, -0.25) is 9.69 Å². The van der Waals surface area contributed by atoms with Gasteiger partial charge < -0.3 is 19.4 Å². The minimum absolute atomic E-state index is 0.203. The van der Waals surface area contributed by atoms with E-state index in [-0.39, 0.29) is 11.7 Å². The molecule has 1 saturated heterocycles. The molecule has 0 spiro atoms. The van der Waals surface area contributed by atoms with E-state index in [1.54, 1.807) is 24.3 Å². The summed E-state index contributed by atoms with van der Waals surface area (Å²) >= 11 is 6.57. The second-order valence-electron chi connectivity index (χ2n) is 5.84. The molecule has 8 heteroatoms. The van der Waals surface area contributed by atoms with E-state index < -0.39 is 12.1 Å². The van der Waals surface area contributed by atoms with Crippen LogP contribution in [0.2, 0.25) is 0 Å². The van der Waals surface area contributed by atoms with Crippen LogP contribution >= 0.6 is 24.0 Å². The van der Waals surface area contributed by atoms with Gasteiger partial charge >= 0.3 is 0 Å². The van der Waals surface area contributed by atoms with E-state index in [0.29, 0.717) is 26.2 Å². The molecule has 1 atom stereocenters. The molecule has 0 bridgehead atoms. The Morgan fingerprint density at radius 2 is 1.93 bits per heavy atom. The number of methoxy groups -OCH3 is 1. The minimum atomic E-state index is -1.32. The Morgan fingerprint density at radius 3 is 2.57 bits per heavy atom. The van der Waals surface area contributed by atoms with Crippen LogP contribution in [-0.4, -0.2) is 29.4 Å². The van der Waals surface area contributed by atoms with E-state index >= 15 is 0 Å². The molecule has 1 heterocycles. The van der Waals surface area contributed by atoms with Crippen LogP contribution in [0.4, 0.5) is 5.69 Å². The lowest BCUT2D eigenvalue weighted by molar-refractivity contribution is -0.312. The van der Waals surface area contributed by atoms with Crippen molar-refractivity contribution in [3.63, 3.8) is 0 Å². The van der Waals surface area contributed by atoms with Crippen molar-refractivity contribution in [1.29, 1.82) is 0 Å². The summed E-state index contributed by atoms with van der Waals surface area (Å²) in [5, 5.41) is 10.9. The summed E-state index contributed by atoms with van der Waals surface area (Å²) in [6.45, 7) is 1.37. The lowest BCUT2D eigenvalue weighted by atomic mass is 10.1. The van der Waals surface area contributed by atoms with Gasteiger partial charge in [0.15, 0.2) is 15.8 Å². The highest BCUT2D eigenvalue weighted by atomic mass is 32.2. The van der Waals surface area contributed by atoms with Gasteiger partial charge in [-0.2, -0.15) is 0 Å². The third-order valence-corrected chi connectivity index (χ3v) is 5.23. The van der Waals surface area contributed by atoms with Crippen LogP contribution in [0.15, 0.2) is 53.4 Å². The molecule has 2 aromatic carbocycles. The maximum Gasteiger partial charge on any atom is 0.270 e. The number of carboxylic acids is 1. The van der Waals surface area contributed by atoms with Crippen LogP contribution in [0.3, 0.4) is 0 Å². The van der Waals surface area contributed by atoms with E-state index in [1.165, 1.54) is 30.7 Å². The number of hydrogen-bond acceptors (Lipinski definition) is 7. The first-order valence-corrected chi connectivity index (χ1v) is 9.51. The van der Waals surface area contributed by atoms with E-state index in [4.69, 9.17) is 21.7 Å². The maximum absolute atomic E-state index is 12.8. The van der Waals surface area contributed by atoms with Crippen molar-refractivity contribution >= 4 is 51.9 Å². The predicted octanol–water partition coefficient (Wildman–Crippen LogP) is 2.62. The Kier molecular flexibility index (Phi) is 6.01. The largest absolute Gasteiger partial charge is 0.546 e. The number of thioether (sulfide) groups is 1. The molecule has 1 aliphatic rings. The molecule has 0 aliphatic carbocycles. The Bertz CT molecular complexity index is 958. The average Bonchev–Trinajstić information content (AvgIpc) is 2.96. The van der Waals surface area contributed by atoms with Gasteiger partial charge in [-0.15, -0.1) is 0 Å². The van der Waals surface area contributed by atoms with E-state index in [9.17, 15) is 14.7 Å². The van der Waals surface area contributed by atoms with Crippen molar-refractivity contribution in [2.75, 3.05) is 12.0 Å². The molecule has 0 unspecified atom stereocenters. The van der Waals surface area contributed by atoms with Crippen LogP contribution in [0.1, 0.15) is 12.5 Å². The molecular weight excluding hydrogens is 398 g/mol. The van der Waals surface area contributed by atoms with Gasteiger partial charge in [0.1, 0.15) is 6.10 Å². The van der Waals surface area contributed by atoms with E-state index in [2.05, 4.69) is 0 Å². The average molecular weight is 414 g/mol. The molecule has 0 saturated carbocycles. The van der Waals surface area contributed by atoms with Gasteiger partial charge in [0, 0.05) is 0 Å². The molecule has 2 aromatic rings. The minimum Gasteiger partial charge on any atom is -0.546 e. The van der Waals surface area contributed by atoms with Crippen LogP contribution in [-0.2, 0) is 9.59 Å². The Balaban J connectivity index is 1.86. The number of rotatable bonds is 6. The quantitative estimate of drug-likeness (QED) is 0.531. The summed E-state index contributed by atoms with van der Waals surface area (Å²) in [6, 6.07) is 14.1. The Hall–Kier alpha value is -2.84. The first-order valence-electron chi connectivity index (χ1n) is 8.29. The zero-order chi connectivity index (χ0) is 20.3. The standard InChI is InChI=1S/C20H17NO5S2/c1-12(19(23)24)26-15-9-8-13(10-16(15)25-2)11-17-18(22)21(20(27)28-17)14-6-4-3-5-7-14/h3-12H,1-2H3,(H,23,24)/p-1/b17-11-/t12-/m1/s1. The van der Waals surface area contributed by atoms with Crippen molar-refractivity contribution < 1.29 is 24.2 Å². The van der Waals surface area contributed by atoms with Crippen molar-refractivity contribution in [3.05, 3.63) is 59.0 Å². The van der Waals surface area contributed by atoms with Crippen LogP contribution in [0.5, 0.6) is 11.5 Å². The molecule has 0 radical (unpaired) electrons. The summed E-state index contributed by atoms with van der Waals surface area (Å²) in [7, 11) is 1.45. The number of carboxylic acid groups (broad SMARTS) is 1. The molecule has 0 aromatic heterocycles. The lowest BCUT2D eigenvalue weighted by Gasteiger charge is -2.17. The number of aliphatic carboxylic acids is 1. The lowest BCUT2D eigenvalue weighted by Crippen LogP contribution is -2.37. The topological polar surface area (TPSA) is 78.9 Å². The second-order valence-corrected chi connectivity index (χ2v) is 7.52. The Morgan fingerprint density at radius 1 is 1.21 bits per heavy atom. The summed E-state index contributed by atoms with van der Waals surface area (Å²) in [4.78, 5) is 25.6. The highest BCUT2D eigenvalue weighted by Crippen LogP contribution is 2.37. The first-order chi connectivity index (χ1) is 13.4. The molecule has 28 heavy (non-hydrogen) atoms. The van der Waals surface area contributed by atoms with Gasteiger partial charge in [0.05, 0.1) is 23.7 Å². The summed E-state index contributed by atoms with van der Waals surface area (Å²) in [5.41, 5.74) is 1.41. The number of hydrogen-bond donors (Lipinski definition) is 0. The summed E-state index contributed by atoms with van der Waals surface area (Å²) in [5.74, 6) is -0.907. The number of benzene rings is 2. The molecule has 1 amide bonds. The van der Waals surface area contributed by atoms with E-state index in [1.807, 2.05) is 30.3 Å². The number of amides is 1. The smallest absolute Gasteiger partial charge is 0.270 e. The van der Waals surface area contributed by atoms with Gasteiger partial charge in [-0.05, 0) is 42.8 Å². The summed E-state index contributed by atoms with van der Waals surface area (Å²) in [6.07, 6.45) is 0.582. The Labute approximate surface area is 171 Å². The van der Waals surface area contributed by atoms with Gasteiger partial charge in [-0.25, -0.2) is 0 Å². The normalized spacial score (nSPS) is 16.4. The van der Waals surface area contributed by atoms with E-state index in [0.717, 1.165) is 0 Å². The number of para-hydroxylation sites is 1. The molecule has 1 fully saturated rings. The molecule has 144 valence electrons. The second kappa shape index (κ2) is 8.45. The highest BCUT2D eigenvalue weighted by molar-refractivity contribution is 8.27. The molecular formula is C20H16NO5S2-. The number of nitrogens with zero attached hydrogens (tertiary/aromatic N) is 1. The molecule has 0 N–H and O–H groups in total. The number of carbonyl (C=O) groups is 2. The zero-order valence-electron chi connectivity index (χ0n) is 15.1. The highest BCUT2D eigenvalue weighted by Gasteiger charge is 2.33. The molecule has 6 nitrogen and oxygen atoms in total. The third kappa shape index (κ3) is 4.18. The number of ether oxygens (including phenoxy) is 2. The van der Waals surface area contributed by atoms with Crippen molar-refractivity contribution in [2.24, 2.45) is 0 Å². The number of thiocarbonyl (C=S) groups is 1. The first kappa shape index (κ1) is 19.9. The van der Waals surface area contributed by atoms with Gasteiger partial charge in [-0.1, -0.05) is 48.2 Å². The summed E-state index contributed by atoms with van der Waals surface area (Å²) < 4.78 is 11.1. The fourth-order valence-corrected chi connectivity index (χ4v) is 3.83. The van der Waals surface area contributed by atoms with Crippen molar-refractivity contribution in [3.8, 4) is 11.5 Å². The maximum atomic E-state index is 12.8.